The maximum absolute atomic E-state index is 13.3. The number of nitrogens with two attached hydrogens (primary N) is 1. The van der Waals surface area contributed by atoms with Crippen molar-refractivity contribution >= 4 is 75.1 Å². The standard InChI is InChI=1S/C25H28N6O7S3/c1-12-15(41-10-27-12)7-6-13-8-39-21-17(29-19(32)16(30-36-5)14-9-40-24(26)28-14)20(33)31(21)18(13)22(34)37-11-38-23(35)25(2,3)4/h6-7,9-10,17,21H,8,11H2,1-5H3,(H2,26,28)(H,29,32)/b7-6+,30-16-/t17-,21-/m1/s1. The maximum atomic E-state index is 13.3. The van der Waals surface area contributed by atoms with Gasteiger partial charge in [0, 0.05) is 16.0 Å². The summed E-state index contributed by atoms with van der Waals surface area (Å²) in [7, 11) is 1.28. The number of anilines is 1. The molecule has 1 fully saturated rings. The molecule has 0 radical (unpaired) electrons. The number of hydrogen-bond acceptors (Lipinski definition) is 14. The molecule has 41 heavy (non-hydrogen) atoms. The third-order valence-corrected chi connectivity index (χ3v) is 8.72. The van der Waals surface area contributed by atoms with Gasteiger partial charge in [-0.2, -0.15) is 0 Å². The van der Waals surface area contributed by atoms with Crippen molar-refractivity contribution in [2.24, 2.45) is 10.6 Å². The van der Waals surface area contributed by atoms with E-state index in [4.69, 9.17) is 20.0 Å². The fourth-order valence-corrected chi connectivity index (χ4v) is 6.29. The lowest BCUT2D eigenvalue weighted by Gasteiger charge is -2.49. The molecular formula is C25H28N6O7S3. The van der Waals surface area contributed by atoms with Crippen LogP contribution in [-0.2, 0) is 33.5 Å². The molecule has 2 amide bonds. The number of carbonyl (C=O) groups excluding carboxylic acids is 4. The number of aromatic nitrogens is 2. The number of esters is 2. The fourth-order valence-electron chi connectivity index (χ4n) is 3.73. The summed E-state index contributed by atoms with van der Waals surface area (Å²) < 4.78 is 10.3. The van der Waals surface area contributed by atoms with Crippen molar-refractivity contribution in [1.82, 2.24) is 20.2 Å². The van der Waals surface area contributed by atoms with Crippen LogP contribution in [-0.4, -0.2) is 75.4 Å². The molecule has 3 N–H and O–H groups in total. The van der Waals surface area contributed by atoms with Crippen molar-refractivity contribution < 1.29 is 33.5 Å². The van der Waals surface area contributed by atoms with E-state index in [1.807, 2.05) is 13.0 Å². The predicted molar refractivity (Wildman–Crippen MR) is 155 cm³/mol. The molecule has 0 spiro atoms. The number of nitrogen functional groups attached to an aromatic ring is 1. The lowest BCUT2D eigenvalue weighted by atomic mass is 9.98. The normalized spacial score (nSPS) is 19.1. The van der Waals surface area contributed by atoms with Crippen LogP contribution in [0.2, 0.25) is 0 Å². The molecule has 0 aromatic carbocycles. The number of carbonyl (C=O) groups is 4. The van der Waals surface area contributed by atoms with Crippen molar-refractivity contribution in [2.75, 3.05) is 25.4 Å². The summed E-state index contributed by atoms with van der Waals surface area (Å²) in [5.74, 6) is -2.26. The van der Waals surface area contributed by atoms with E-state index in [9.17, 15) is 19.2 Å². The third kappa shape index (κ3) is 6.60. The number of rotatable bonds is 9. The van der Waals surface area contributed by atoms with E-state index in [1.165, 1.54) is 35.1 Å². The Kier molecular flexibility index (Phi) is 9.14. The lowest BCUT2D eigenvalue weighted by molar-refractivity contribution is -0.173. The Morgan fingerprint density at radius 3 is 2.61 bits per heavy atom. The van der Waals surface area contributed by atoms with Crippen molar-refractivity contribution in [3.8, 4) is 0 Å². The number of allylic oxidation sites excluding steroid dienone is 1. The van der Waals surface area contributed by atoms with Crippen LogP contribution >= 0.6 is 34.4 Å². The topological polar surface area (TPSA) is 175 Å². The van der Waals surface area contributed by atoms with Crippen molar-refractivity contribution in [1.29, 1.82) is 0 Å². The molecule has 2 aromatic rings. The van der Waals surface area contributed by atoms with E-state index >= 15 is 0 Å². The second-order valence-electron chi connectivity index (χ2n) is 9.80. The van der Waals surface area contributed by atoms with Crippen LogP contribution < -0.4 is 11.1 Å². The first-order chi connectivity index (χ1) is 19.4. The SMILES string of the molecule is CO/N=C(\C(=O)N[C@@H]1C(=O)N2C(C(=O)OCOC(=O)C(C)(C)C)=C(/C=C/c3scnc3C)CS[C@H]12)c1csc(N)n1. The molecule has 2 aromatic heterocycles. The molecule has 16 heteroatoms. The Labute approximate surface area is 247 Å². The molecule has 0 saturated carbocycles. The van der Waals surface area contributed by atoms with Crippen molar-refractivity contribution in [3.63, 3.8) is 0 Å². The second-order valence-corrected chi connectivity index (χ2v) is 12.7. The molecular weight excluding hydrogens is 593 g/mol. The van der Waals surface area contributed by atoms with E-state index < -0.39 is 47.4 Å². The van der Waals surface area contributed by atoms with Crippen molar-refractivity contribution in [2.45, 2.75) is 39.1 Å². The number of hydrogen-bond donors (Lipinski definition) is 2. The summed E-state index contributed by atoms with van der Waals surface area (Å²) >= 11 is 3.92. The smallest absolute Gasteiger partial charge is 0.358 e. The first-order valence-corrected chi connectivity index (χ1v) is 15.0. The average Bonchev–Trinajstić information content (AvgIpc) is 3.54. The monoisotopic (exact) mass is 620 g/mol. The zero-order chi connectivity index (χ0) is 29.9. The number of nitrogens with zero attached hydrogens (tertiary/aromatic N) is 4. The zero-order valence-electron chi connectivity index (χ0n) is 22.8. The number of thiazole rings is 2. The average molecular weight is 621 g/mol. The highest BCUT2D eigenvalue weighted by atomic mass is 32.2. The molecule has 218 valence electrons. The Balaban J connectivity index is 1.55. The molecule has 13 nitrogen and oxygen atoms in total. The van der Waals surface area contributed by atoms with Gasteiger partial charge in [0.05, 0.1) is 16.6 Å². The molecule has 0 bridgehead atoms. The minimum absolute atomic E-state index is 0.00697. The molecule has 4 rings (SSSR count). The Hall–Kier alpha value is -3.76. The first kappa shape index (κ1) is 30.2. The van der Waals surface area contributed by atoms with Gasteiger partial charge in [0.25, 0.3) is 11.8 Å². The molecule has 1 saturated heterocycles. The number of nitrogens with one attached hydrogen (secondary N) is 1. The van der Waals surface area contributed by atoms with Gasteiger partial charge in [-0.15, -0.1) is 34.4 Å². The van der Waals surface area contributed by atoms with Crippen LogP contribution in [0.25, 0.3) is 6.08 Å². The maximum Gasteiger partial charge on any atom is 0.358 e. The second kappa shape index (κ2) is 12.4. The van der Waals surface area contributed by atoms with Gasteiger partial charge in [0.15, 0.2) is 10.8 Å². The minimum Gasteiger partial charge on any atom is -0.427 e. The van der Waals surface area contributed by atoms with Crippen LogP contribution in [0.3, 0.4) is 0 Å². The Bertz CT molecular complexity index is 1460. The van der Waals surface area contributed by atoms with Gasteiger partial charge >= 0.3 is 11.9 Å². The van der Waals surface area contributed by atoms with Crippen molar-refractivity contribution in [3.05, 3.63) is 44.5 Å². The summed E-state index contributed by atoms with van der Waals surface area (Å²) in [4.78, 5) is 67.0. The van der Waals surface area contributed by atoms with Crippen LogP contribution in [0.4, 0.5) is 5.13 Å². The summed E-state index contributed by atoms with van der Waals surface area (Å²) in [5.41, 5.74) is 8.03. The number of fused-ring (bicyclic) bond motifs is 1. The number of oxime groups is 1. The van der Waals surface area contributed by atoms with E-state index in [1.54, 1.807) is 37.7 Å². The van der Waals surface area contributed by atoms with Gasteiger partial charge < -0.3 is 25.4 Å². The summed E-state index contributed by atoms with van der Waals surface area (Å²) in [6.07, 6.45) is 3.55. The molecule has 2 atom stereocenters. The summed E-state index contributed by atoms with van der Waals surface area (Å²) in [6.45, 7) is 6.27. The quantitative estimate of drug-likeness (QED) is 0.138. The van der Waals surface area contributed by atoms with Crippen LogP contribution in [0.15, 0.2) is 33.4 Å². The highest BCUT2D eigenvalue weighted by molar-refractivity contribution is 8.00. The first-order valence-electron chi connectivity index (χ1n) is 12.2. The highest BCUT2D eigenvalue weighted by Gasteiger charge is 2.54. The molecule has 2 aliphatic rings. The molecule has 4 heterocycles. The van der Waals surface area contributed by atoms with Crippen LogP contribution in [0.5, 0.6) is 0 Å². The molecule has 0 aliphatic carbocycles. The van der Waals surface area contributed by atoms with E-state index in [0.29, 0.717) is 11.3 Å². The number of ether oxygens (including phenoxy) is 2. The number of β-lactam (4-membered cyclic amide) rings is 1. The van der Waals surface area contributed by atoms with Crippen LogP contribution in [0.1, 0.15) is 37.0 Å². The summed E-state index contributed by atoms with van der Waals surface area (Å²) in [6, 6.07) is -0.957. The predicted octanol–water partition coefficient (Wildman–Crippen LogP) is 2.30. The lowest BCUT2D eigenvalue weighted by Crippen LogP contribution is -2.71. The van der Waals surface area contributed by atoms with E-state index in [2.05, 4.69) is 20.4 Å². The Morgan fingerprint density at radius 2 is 2.00 bits per heavy atom. The Morgan fingerprint density at radius 1 is 1.24 bits per heavy atom. The number of thioether (sulfide) groups is 1. The van der Waals surface area contributed by atoms with Gasteiger partial charge in [-0.05, 0) is 39.3 Å². The van der Waals surface area contributed by atoms with E-state index in [0.717, 1.165) is 21.9 Å². The van der Waals surface area contributed by atoms with Gasteiger partial charge in [-0.3, -0.25) is 19.3 Å². The highest BCUT2D eigenvalue weighted by Crippen LogP contribution is 2.41. The van der Waals surface area contributed by atoms with Gasteiger partial charge in [-0.1, -0.05) is 11.2 Å². The fraction of sp³-hybridized carbons (Fsp3) is 0.400. The van der Waals surface area contributed by atoms with E-state index in [-0.39, 0.29) is 22.2 Å². The zero-order valence-corrected chi connectivity index (χ0v) is 25.3. The van der Waals surface area contributed by atoms with Gasteiger partial charge in [0.1, 0.15) is 29.9 Å². The van der Waals surface area contributed by atoms with Gasteiger partial charge in [0.2, 0.25) is 6.79 Å². The number of aryl methyl sites for hydroxylation is 1. The number of amides is 2. The summed E-state index contributed by atoms with van der Waals surface area (Å²) in [5, 5.41) is 7.59. The molecule has 2 aliphatic heterocycles. The van der Waals surface area contributed by atoms with Gasteiger partial charge in [-0.25, -0.2) is 14.8 Å². The molecule has 0 unspecified atom stereocenters. The third-order valence-electron chi connectivity index (χ3n) is 5.85. The minimum atomic E-state index is -0.957. The van der Waals surface area contributed by atoms with Crippen LogP contribution in [0, 0.1) is 12.3 Å². The largest absolute Gasteiger partial charge is 0.427 e.